The van der Waals surface area contributed by atoms with Crippen molar-refractivity contribution in [1.29, 1.82) is 0 Å². The summed E-state index contributed by atoms with van der Waals surface area (Å²) in [4.78, 5) is 4.43. The lowest BCUT2D eigenvalue weighted by Gasteiger charge is -1.96. The fraction of sp³-hybridized carbons (Fsp3) is 0.0714. The first-order valence-electron chi connectivity index (χ1n) is 5.50. The third-order valence-corrected chi connectivity index (χ3v) is 3.43. The highest BCUT2D eigenvalue weighted by atomic mass is 79.9. The number of aromatic nitrogens is 1. The zero-order valence-corrected chi connectivity index (χ0v) is 11.7. The molecule has 0 bridgehead atoms. The van der Waals surface area contributed by atoms with E-state index in [4.69, 9.17) is 16.0 Å². The van der Waals surface area contributed by atoms with Gasteiger partial charge in [0.05, 0.1) is 0 Å². The topological polar surface area (TPSA) is 26.0 Å². The Morgan fingerprint density at radius 2 is 1.89 bits per heavy atom. The van der Waals surface area contributed by atoms with Crippen LogP contribution in [-0.4, -0.2) is 4.98 Å². The van der Waals surface area contributed by atoms with E-state index in [0.717, 1.165) is 21.1 Å². The SMILES string of the molecule is Clc1ccc2oc(Cc3ccc(Br)cc3)nc2c1. The Balaban J connectivity index is 1.92. The molecule has 1 aromatic heterocycles. The molecule has 0 aliphatic heterocycles. The first-order chi connectivity index (χ1) is 8.70. The van der Waals surface area contributed by atoms with Crippen molar-refractivity contribution in [2.45, 2.75) is 6.42 Å². The second kappa shape index (κ2) is 4.75. The molecule has 1 heterocycles. The summed E-state index contributed by atoms with van der Waals surface area (Å²) in [7, 11) is 0. The van der Waals surface area contributed by atoms with Gasteiger partial charge in [-0.25, -0.2) is 4.98 Å². The molecule has 0 atom stereocenters. The summed E-state index contributed by atoms with van der Waals surface area (Å²) in [6.45, 7) is 0. The summed E-state index contributed by atoms with van der Waals surface area (Å²) in [5.41, 5.74) is 2.73. The van der Waals surface area contributed by atoms with E-state index in [-0.39, 0.29) is 0 Å². The molecule has 0 aliphatic carbocycles. The van der Waals surface area contributed by atoms with Crippen molar-refractivity contribution in [3.8, 4) is 0 Å². The van der Waals surface area contributed by atoms with Crippen molar-refractivity contribution in [3.63, 3.8) is 0 Å². The van der Waals surface area contributed by atoms with Gasteiger partial charge in [0.15, 0.2) is 11.5 Å². The summed E-state index contributed by atoms with van der Waals surface area (Å²) in [6, 6.07) is 13.6. The molecule has 90 valence electrons. The van der Waals surface area contributed by atoms with E-state index in [1.54, 1.807) is 6.07 Å². The fourth-order valence-electron chi connectivity index (χ4n) is 1.80. The van der Waals surface area contributed by atoms with Crippen molar-refractivity contribution >= 4 is 38.6 Å². The number of halogens is 2. The van der Waals surface area contributed by atoms with Crippen molar-refractivity contribution in [2.24, 2.45) is 0 Å². The molecule has 0 N–H and O–H groups in total. The molecule has 0 unspecified atom stereocenters. The molecule has 0 saturated carbocycles. The maximum atomic E-state index is 5.92. The van der Waals surface area contributed by atoms with Crippen LogP contribution in [0.1, 0.15) is 11.5 Å². The third-order valence-electron chi connectivity index (χ3n) is 2.66. The Kier molecular flexibility index (Phi) is 3.10. The molecule has 2 nitrogen and oxygen atoms in total. The van der Waals surface area contributed by atoms with Crippen molar-refractivity contribution in [2.75, 3.05) is 0 Å². The fourth-order valence-corrected chi connectivity index (χ4v) is 2.23. The quantitative estimate of drug-likeness (QED) is 0.675. The van der Waals surface area contributed by atoms with Gasteiger partial charge in [-0.15, -0.1) is 0 Å². The van der Waals surface area contributed by atoms with Gasteiger partial charge in [0, 0.05) is 15.9 Å². The summed E-state index contributed by atoms with van der Waals surface area (Å²) in [6.07, 6.45) is 0.680. The van der Waals surface area contributed by atoms with Crippen LogP contribution in [0.5, 0.6) is 0 Å². The number of hydrogen-bond acceptors (Lipinski definition) is 2. The predicted molar refractivity (Wildman–Crippen MR) is 76.0 cm³/mol. The van der Waals surface area contributed by atoms with Crippen LogP contribution in [0.15, 0.2) is 51.4 Å². The van der Waals surface area contributed by atoms with Crippen LogP contribution in [0.2, 0.25) is 5.02 Å². The van der Waals surface area contributed by atoms with Gasteiger partial charge < -0.3 is 4.42 Å². The second-order valence-electron chi connectivity index (χ2n) is 4.02. The van der Waals surface area contributed by atoms with Crippen LogP contribution in [-0.2, 0) is 6.42 Å². The molecule has 0 radical (unpaired) electrons. The normalized spacial score (nSPS) is 11.0. The minimum Gasteiger partial charge on any atom is -0.440 e. The van der Waals surface area contributed by atoms with Gasteiger partial charge in [-0.1, -0.05) is 39.7 Å². The lowest BCUT2D eigenvalue weighted by molar-refractivity contribution is 0.544. The van der Waals surface area contributed by atoms with Crippen LogP contribution >= 0.6 is 27.5 Å². The molecule has 0 aliphatic rings. The number of benzene rings is 2. The van der Waals surface area contributed by atoms with Crippen LogP contribution in [0.4, 0.5) is 0 Å². The van der Waals surface area contributed by atoms with Crippen molar-refractivity contribution < 1.29 is 4.42 Å². The molecular weight excluding hydrogens is 314 g/mol. The number of hydrogen-bond donors (Lipinski definition) is 0. The number of rotatable bonds is 2. The second-order valence-corrected chi connectivity index (χ2v) is 5.38. The maximum absolute atomic E-state index is 5.92. The molecule has 3 rings (SSSR count). The molecule has 2 aromatic carbocycles. The van der Waals surface area contributed by atoms with Gasteiger partial charge in [-0.2, -0.15) is 0 Å². The lowest BCUT2D eigenvalue weighted by Crippen LogP contribution is -1.87. The van der Waals surface area contributed by atoms with E-state index >= 15 is 0 Å². The van der Waals surface area contributed by atoms with Gasteiger partial charge >= 0.3 is 0 Å². The molecule has 0 spiro atoms. The Bertz CT molecular complexity index is 691. The highest BCUT2D eigenvalue weighted by molar-refractivity contribution is 9.10. The molecule has 4 heteroatoms. The molecular formula is C14H9BrClNO. The zero-order chi connectivity index (χ0) is 12.5. The van der Waals surface area contributed by atoms with Crippen molar-refractivity contribution in [3.05, 3.63) is 63.4 Å². The standard InChI is InChI=1S/C14H9BrClNO/c15-10-3-1-9(2-4-10)7-14-17-12-8-11(16)5-6-13(12)18-14/h1-6,8H,7H2. The number of fused-ring (bicyclic) bond motifs is 1. The van der Waals surface area contributed by atoms with Crippen LogP contribution in [0, 0.1) is 0 Å². The van der Waals surface area contributed by atoms with E-state index in [0.29, 0.717) is 17.3 Å². The van der Waals surface area contributed by atoms with Crippen molar-refractivity contribution in [1.82, 2.24) is 4.98 Å². The summed E-state index contributed by atoms with van der Waals surface area (Å²) in [5.74, 6) is 0.703. The minimum absolute atomic E-state index is 0.672. The van der Waals surface area contributed by atoms with Gasteiger partial charge in [-0.3, -0.25) is 0 Å². The first kappa shape index (κ1) is 11.8. The Morgan fingerprint density at radius 1 is 1.11 bits per heavy atom. The van der Waals surface area contributed by atoms with E-state index in [1.165, 1.54) is 0 Å². The first-order valence-corrected chi connectivity index (χ1v) is 6.67. The summed E-state index contributed by atoms with van der Waals surface area (Å²) in [5, 5.41) is 0.672. The van der Waals surface area contributed by atoms with E-state index in [9.17, 15) is 0 Å². The average Bonchev–Trinajstić information content (AvgIpc) is 2.73. The van der Waals surface area contributed by atoms with E-state index in [2.05, 4.69) is 20.9 Å². The highest BCUT2D eigenvalue weighted by Gasteiger charge is 2.07. The van der Waals surface area contributed by atoms with Crippen LogP contribution in [0.3, 0.4) is 0 Å². The molecule has 0 saturated heterocycles. The Morgan fingerprint density at radius 3 is 2.67 bits per heavy atom. The molecule has 0 amide bonds. The number of nitrogens with zero attached hydrogens (tertiary/aromatic N) is 1. The van der Waals surface area contributed by atoms with Gasteiger partial charge in [0.2, 0.25) is 0 Å². The monoisotopic (exact) mass is 321 g/mol. The van der Waals surface area contributed by atoms with Gasteiger partial charge in [-0.05, 0) is 35.9 Å². The summed E-state index contributed by atoms with van der Waals surface area (Å²) >= 11 is 9.33. The highest BCUT2D eigenvalue weighted by Crippen LogP contribution is 2.21. The molecule has 0 fully saturated rings. The lowest BCUT2D eigenvalue weighted by atomic mass is 10.1. The Labute approximate surface area is 118 Å². The molecule has 3 aromatic rings. The zero-order valence-electron chi connectivity index (χ0n) is 9.36. The van der Waals surface area contributed by atoms with Crippen LogP contribution < -0.4 is 0 Å². The average molecular weight is 323 g/mol. The largest absolute Gasteiger partial charge is 0.440 e. The Hall–Kier alpha value is -1.32. The van der Waals surface area contributed by atoms with E-state index < -0.39 is 0 Å². The van der Waals surface area contributed by atoms with E-state index in [1.807, 2.05) is 36.4 Å². The third kappa shape index (κ3) is 2.42. The molecule has 18 heavy (non-hydrogen) atoms. The number of oxazole rings is 1. The smallest absolute Gasteiger partial charge is 0.199 e. The predicted octanol–water partition coefficient (Wildman–Crippen LogP) is 4.83. The maximum Gasteiger partial charge on any atom is 0.199 e. The minimum atomic E-state index is 0.672. The van der Waals surface area contributed by atoms with Gasteiger partial charge in [0.25, 0.3) is 0 Å². The van der Waals surface area contributed by atoms with Crippen LogP contribution in [0.25, 0.3) is 11.1 Å². The summed E-state index contributed by atoms with van der Waals surface area (Å²) < 4.78 is 6.74. The van der Waals surface area contributed by atoms with Gasteiger partial charge in [0.1, 0.15) is 5.52 Å².